The Bertz CT molecular complexity index is 801. The summed E-state index contributed by atoms with van der Waals surface area (Å²) in [6.45, 7) is 0.435. The number of thiazole rings is 1. The number of methoxy groups -OCH3 is 1. The molecule has 0 spiro atoms. The zero-order chi connectivity index (χ0) is 16.8. The first kappa shape index (κ1) is 16.1. The molecule has 0 aliphatic heterocycles. The number of hydrogen-bond acceptors (Lipinski definition) is 5. The van der Waals surface area contributed by atoms with Crippen molar-refractivity contribution in [1.82, 2.24) is 15.3 Å². The van der Waals surface area contributed by atoms with E-state index in [-0.39, 0.29) is 5.91 Å². The molecule has 0 atom stereocenters. The zero-order valence-electron chi connectivity index (χ0n) is 13.2. The standard InChI is InChI=1S/C18H17N3O2S/c1-23-15-4-2-13(3-5-15)10-17(22)20-11-18-21-16(12-24-18)14-6-8-19-9-7-14/h2-9,12H,10-11H2,1H3,(H,20,22). The number of rotatable bonds is 6. The Morgan fingerprint density at radius 3 is 2.62 bits per heavy atom. The van der Waals surface area contributed by atoms with Gasteiger partial charge in [-0.2, -0.15) is 0 Å². The van der Waals surface area contributed by atoms with Crippen molar-refractivity contribution in [3.05, 3.63) is 64.7 Å². The van der Waals surface area contributed by atoms with Crippen LogP contribution in [0.5, 0.6) is 5.75 Å². The molecule has 0 saturated heterocycles. The Labute approximate surface area is 144 Å². The van der Waals surface area contributed by atoms with E-state index in [1.165, 1.54) is 11.3 Å². The maximum absolute atomic E-state index is 12.0. The summed E-state index contributed by atoms with van der Waals surface area (Å²) in [5.74, 6) is 0.756. The average Bonchev–Trinajstić information content (AvgIpc) is 3.10. The molecule has 2 heterocycles. The van der Waals surface area contributed by atoms with E-state index in [0.717, 1.165) is 27.6 Å². The molecule has 0 saturated carbocycles. The summed E-state index contributed by atoms with van der Waals surface area (Å²) < 4.78 is 5.11. The van der Waals surface area contributed by atoms with Crippen molar-refractivity contribution in [2.75, 3.05) is 7.11 Å². The van der Waals surface area contributed by atoms with Gasteiger partial charge in [0.1, 0.15) is 10.8 Å². The van der Waals surface area contributed by atoms with Crippen LogP contribution in [0.2, 0.25) is 0 Å². The van der Waals surface area contributed by atoms with Gasteiger partial charge in [0.15, 0.2) is 0 Å². The fraction of sp³-hybridized carbons (Fsp3) is 0.167. The lowest BCUT2D eigenvalue weighted by Gasteiger charge is -2.04. The Kier molecular flexibility index (Phi) is 5.18. The Morgan fingerprint density at radius 2 is 1.92 bits per heavy atom. The fourth-order valence-corrected chi connectivity index (χ4v) is 2.96. The van der Waals surface area contributed by atoms with Crippen LogP contribution in [0, 0.1) is 0 Å². The van der Waals surface area contributed by atoms with Crippen LogP contribution in [0.3, 0.4) is 0 Å². The van der Waals surface area contributed by atoms with Gasteiger partial charge in [0.25, 0.3) is 0 Å². The number of amides is 1. The smallest absolute Gasteiger partial charge is 0.224 e. The lowest BCUT2D eigenvalue weighted by molar-refractivity contribution is -0.120. The molecule has 122 valence electrons. The molecule has 0 fully saturated rings. The summed E-state index contributed by atoms with van der Waals surface area (Å²) in [6.07, 6.45) is 3.82. The molecule has 24 heavy (non-hydrogen) atoms. The molecule has 1 N–H and O–H groups in total. The molecule has 0 aliphatic carbocycles. The monoisotopic (exact) mass is 339 g/mol. The molecule has 2 aromatic heterocycles. The van der Waals surface area contributed by atoms with Gasteiger partial charge in [-0.25, -0.2) is 4.98 Å². The second kappa shape index (κ2) is 7.70. The average molecular weight is 339 g/mol. The molecular weight excluding hydrogens is 322 g/mol. The summed E-state index contributed by atoms with van der Waals surface area (Å²) in [5.41, 5.74) is 2.88. The highest BCUT2D eigenvalue weighted by molar-refractivity contribution is 7.09. The van der Waals surface area contributed by atoms with E-state index in [9.17, 15) is 4.79 Å². The lowest BCUT2D eigenvalue weighted by atomic mass is 10.1. The maximum atomic E-state index is 12.0. The largest absolute Gasteiger partial charge is 0.497 e. The van der Waals surface area contributed by atoms with Crippen LogP contribution in [0.15, 0.2) is 54.2 Å². The minimum Gasteiger partial charge on any atom is -0.497 e. The number of aromatic nitrogens is 2. The summed E-state index contributed by atoms with van der Waals surface area (Å²) in [5, 5.41) is 5.77. The first-order valence-electron chi connectivity index (χ1n) is 7.49. The van der Waals surface area contributed by atoms with Crippen molar-refractivity contribution >= 4 is 17.2 Å². The van der Waals surface area contributed by atoms with E-state index < -0.39 is 0 Å². The van der Waals surface area contributed by atoms with Crippen molar-refractivity contribution in [2.45, 2.75) is 13.0 Å². The molecule has 0 aliphatic rings. The van der Waals surface area contributed by atoms with Gasteiger partial charge in [0.2, 0.25) is 5.91 Å². The van der Waals surface area contributed by atoms with Gasteiger partial charge < -0.3 is 10.1 Å². The van der Waals surface area contributed by atoms with E-state index in [1.54, 1.807) is 19.5 Å². The van der Waals surface area contributed by atoms with E-state index in [4.69, 9.17) is 4.74 Å². The number of carbonyl (C=O) groups excluding carboxylic acids is 1. The molecule has 1 amide bonds. The highest BCUT2D eigenvalue weighted by atomic mass is 32.1. The van der Waals surface area contributed by atoms with Gasteiger partial charge in [0, 0.05) is 23.3 Å². The van der Waals surface area contributed by atoms with E-state index in [1.807, 2.05) is 41.8 Å². The highest BCUT2D eigenvalue weighted by Crippen LogP contribution is 2.21. The Hall–Kier alpha value is -2.73. The normalized spacial score (nSPS) is 10.4. The number of hydrogen-bond donors (Lipinski definition) is 1. The molecule has 1 aromatic carbocycles. The topological polar surface area (TPSA) is 64.1 Å². The van der Waals surface area contributed by atoms with Gasteiger partial charge in [-0.15, -0.1) is 11.3 Å². The molecule has 5 nitrogen and oxygen atoms in total. The quantitative estimate of drug-likeness (QED) is 0.750. The number of nitrogens with one attached hydrogen (secondary N) is 1. The van der Waals surface area contributed by atoms with Crippen molar-refractivity contribution in [1.29, 1.82) is 0 Å². The van der Waals surface area contributed by atoms with Gasteiger partial charge in [-0.1, -0.05) is 12.1 Å². The second-order valence-electron chi connectivity index (χ2n) is 5.16. The van der Waals surface area contributed by atoms with Crippen LogP contribution < -0.4 is 10.1 Å². The molecule has 0 bridgehead atoms. The van der Waals surface area contributed by atoms with Gasteiger partial charge in [-0.3, -0.25) is 9.78 Å². The fourth-order valence-electron chi connectivity index (χ4n) is 2.21. The van der Waals surface area contributed by atoms with Crippen LogP contribution in [-0.4, -0.2) is 23.0 Å². The molecule has 3 aromatic rings. The minimum atomic E-state index is -0.0270. The molecule has 0 radical (unpaired) electrons. The Morgan fingerprint density at radius 1 is 1.17 bits per heavy atom. The lowest BCUT2D eigenvalue weighted by Crippen LogP contribution is -2.24. The van der Waals surface area contributed by atoms with Crippen molar-refractivity contribution in [3.63, 3.8) is 0 Å². The van der Waals surface area contributed by atoms with Gasteiger partial charge in [0.05, 0.1) is 25.8 Å². The third-order valence-corrected chi connectivity index (χ3v) is 4.34. The molecule has 6 heteroatoms. The predicted molar refractivity (Wildman–Crippen MR) is 93.9 cm³/mol. The van der Waals surface area contributed by atoms with Crippen LogP contribution in [0.4, 0.5) is 0 Å². The summed E-state index contributed by atoms with van der Waals surface area (Å²) in [6, 6.07) is 11.3. The first-order valence-corrected chi connectivity index (χ1v) is 8.37. The number of carbonyl (C=O) groups is 1. The molecule has 3 rings (SSSR count). The number of pyridine rings is 1. The van der Waals surface area contributed by atoms with Gasteiger partial charge in [-0.05, 0) is 29.8 Å². The zero-order valence-corrected chi connectivity index (χ0v) is 14.0. The van der Waals surface area contributed by atoms with E-state index >= 15 is 0 Å². The third kappa shape index (κ3) is 4.17. The van der Waals surface area contributed by atoms with Crippen LogP contribution >= 0.6 is 11.3 Å². The molecule has 0 unspecified atom stereocenters. The number of nitrogens with zero attached hydrogens (tertiary/aromatic N) is 2. The number of benzene rings is 1. The van der Waals surface area contributed by atoms with Crippen LogP contribution in [0.1, 0.15) is 10.6 Å². The van der Waals surface area contributed by atoms with Crippen molar-refractivity contribution in [3.8, 4) is 17.0 Å². The second-order valence-corrected chi connectivity index (χ2v) is 6.11. The summed E-state index contributed by atoms with van der Waals surface area (Å²) in [4.78, 5) is 20.6. The Balaban J connectivity index is 1.53. The van der Waals surface area contributed by atoms with Crippen molar-refractivity contribution in [2.24, 2.45) is 0 Å². The van der Waals surface area contributed by atoms with Crippen molar-refractivity contribution < 1.29 is 9.53 Å². The third-order valence-electron chi connectivity index (χ3n) is 3.49. The molecular formula is C18H17N3O2S. The first-order chi connectivity index (χ1) is 11.7. The highest BCUT2D eigenvalue weighted by Gasteiger charge is 2.07. The van der Waals surface area contributed by atoms with Crippen LogP contribution in [0.25, 0.3) is 11.3 Å². The minimum absolute atomic E-state index is 0.0270. The SMILES string of the molecule is COc1ccc(CC(=O)NCc2nc(-c3ccncc3)cs2)cc1. The maximum Gasteiger partial charge on any atom is 0.224 e. The summed E-state index contributed by atoms with van der Waals surface area (Å²) in [7, 11) is 1.62. The number of ether oxygens (including phenoxy) is 1. The van der Waals surface area contributed by atoms with Crippen LogP contribution in [-0.2, 0) is 17.8 Å². The van der Waals surface area contributed by atoms with E-state index in [0.29, 0.717) is 13.0 Å². The van der Waals surface area contributed by atoms with Gasteiger partial charge >= 0.3 is 0 Å². The predicted octanol–water partition coefficient (Wildman–Crippen LogP) is 3.07. The van der Waals surface area contributed by atoms with E-state index in [2.05, 4.69) is 15.3 Å². The summed E-state index contributed by atoms with van der Waals surface area (Å²) >= 11 is 1.53.